The summed E-state index contributed by atoms with van der Waals surface area (Å²) in [5, 5.41) is 4.16. The fourth-order valence-corrected chi connectivity index (χ4v) is 2.81. The smallest absolute Gasteiger partial charge is 0.170 e. The molecule has 0 N–H and O–H groups in total. The largest absolute Gasteiger partial charge is 0.294 e. The first-order chi connectivity index (χ1) is 9.78. The van der Waals surface area contributed by atoms with Crippen molar-refractivity contribution in [2.75, 3.05) is 0 Å². The van der Waals surface area contributed by atoms with Crippen molar-refractivity contribution in [2.24, 2.45) is 0 Å². The van der Waals surface area contributed by atoms with Crippen molar-refractivity contribution in [1.82, 2.24) is 14.8 Å². The highest BCUT2D eigenvalue weighted by Gasteiger charge is 2.16. The Bertz CT molecular complexity index is 630. The second-order valence-corrected chi connectivity index (χ2v) is 5.34. The van der Waals surface area contributed by atoms with Gasteiger partial charge in [0.15, 0.2) is 5.78 Å². The van der Waals surface area contributed by atoms with Gasteiger partial charge in [0.1, 0.15) is 12.2 Å². The second-order valence-electron chi connectivity index (χ2n) is 5.34. The summed E-state index contributed by atoms with van der Waals surface area (Å²) in [6.45, 7) is 2.90. The van der Waals surface area contributed by atoms with E-state index in [4.69, 9.17) is 0 Å². The van der Waals surface area contributed by atoms with E-state index in [0.29, 0.717) is 6.42 Å². The molecule has 4 nitrogen and oxygen atoms in total. The van der Waals surface area contributed by atoms with Gasteiger partial charge in [-0.15, -0.1) is 0 Å². The Kier molecular flexibility index (Phi) is 3.63. The number of hydrogen-bond donors (Lipinski definition) is 0. The first-order valence-electron chi connectivity index (χ1n) is 7.29. The number of benzene rings is 1. The molecule has 1 aliphatic rings. The van der Waals surface area contributed by atoms with Crippen molar-refractivity contribution in [3.63, 3.8) is 0 Å². The molecule has 20 heavy (non-hydrogen) atoms. The molecule has 0 fully saturated rings. The predicted molar refractivity (Wildman–Crippen MR) is 76.8 cm³/mol. The number of aromatic nitrogens is 3. The van der Waals surface area contributed by atoms with Crippen LogP contribution in [0.3, 0.4) is 0 Å². The quantitative estimate of drug-likeness (QED) is 0.784. The van der Waals surface area contributed by atoms with Crippen LogP contribution in [0.1, 0.15) is 47.1 Å². The molecule has 0 unspecified atom stereocenters. The van der Waals surface area contributed by atoms with E-state index in [1.807, 2.05) is 10.7 Å². The van der Waals surface area contributed by atoms with Crippen molar-refractivity contribution < 1.29 is 4.79 Å². The van der Waals surface area contributed by atoms with Crippen LogP contribution in [0.2, 0.25) is 0 Å². The highest BCUT2D eigenvalue weighted by atomic mass is 16.1. The van der Waals surface area contributed by atoms with E-state index in [2.05, 4.69) is 29.1 Å². The molecule has 1 heterocycles. The summed E-state index contributed by atoms with van der Waals surface area (Å²) < 4.78 is 1.82. The van der Waals surface area contributed by atoms with Gasteiger partial charge in [-0.1, -0.05) is 19.1 Å². The molecule has 0 amide bonds. The fraction of sp³-hybridized carbons (Fsp3) is 0.438. The Labute approximate surface area is 118 Å². The lowest BCUT2D eigenvalue weighted by atomic mass is 10.0. The number of carbonyl (C=O) groups is 1. The fourth-order valence-electron chi connectivity index (χ4n) is 2.81. The summed E-state index contributed by atoms with van der Waals surface area (Å²) in [5.41, 5.74) is 3.54. The highest BCUT2D eigenvalue weighted by molar-refractivity contribution is 5.97. The molecule has 1 aromatic carbocycles. The third-order valence-corrected chi connectivity index (χ3v) is 3.87. The van der Waals surface area contributed by atoms with Crippen LogP contribution in [0.4, 0.5) is 0 Å². The maximum absolute atomic E-state index is 12.4. The third-order valence-electron chi connectivity index (χ3n) is 3.87. The highest BCUT2D eigenvalue weighted by Crippen LogP contribution is 2.23. The van der Waals surface area contributed by atoms with Gasteiger partial charge in [-0.2, -0.15) is 5.10 Å². The molecule has 0 saturated heterocycles. The molecule has 0 saturated carbocycles. The molecule has 104 valence electrons. The Morgan fingerprint density at radius 3 is 3.00 bits per heavy atom. The lowest BCUT2D eigenvalue weighted by Crippen LogP contribution is -2.11. The number of carbonyl (C=O) groups excluding carboxylic acids is 1. The van der Waals surface area contributed by atoms with E-state index in [1.54, 1.807) is 0 Å². The molecule has 0 atom stereocenters. The summed E-state index contributed by atoms with van der Waals surface area (Å²) in [5.74, 6) is 0.891. The molecule has 0 aliphatic heterocycles. The van der Waals surface area contributed by atoms with Crippen molar-refractivity contribution >= 4 is 5.78 Å². The molecule has 0 bridgehead atoms. The molecule has 3 rings (SSSR count). The molecule has 0 spiro atoms. The molecular weight excluding hydrogens is 250 g/mol. The number of Topliss-reactive ketones (excluding diaryl/α,β-unsaturated/α-hetero) is 1. The van der Waals surface area contributed by atoms with Crippen LogP contribution in [-0.4, -0.2) is 20.5 Å². The van der Waals surface area contributed by atoms with E-state index in [0.717, 1.165) is 37.2 Å². The summed E-state index contributed by atoms with van der Waals surface area (Å²) >= 11 is 0. The Balaban J connectivity index is 1.77. The Morgan fingerprint density at radius 2 is 2.15 bits per heavy atom. The van der Waals surface area contributed by atoms with Crippen LogP contribution in [0.15, 0.2) is 24.5 Å². The Hall–Kier alpha value is -1.97. The topological polar surface area (TPSA) is 47.8 Å². The average molecular weight is 269 g/mol. The number of aryl methyl sites for hydroxylation is 3. The van der Waals surface area contributed by atoms with E-state index < -0.39 is 0 Å². The summed E-state index contributed by atoms with van der Waals surface area (Å²) in [7, 11) is 0. The van der Waals surface area contributed by atoms with Crippen molar-refractivity contribution in [3.8, 4) is 0 Å². The van der Waals surface area contributed by atoms with Crippen LogP contribution < -0.4 is 0 Å². The van der Waals surface area contributed by atoms with Gasteiger partial charge in [-0.05, 0) is 42.9 Å². The molecule has 1 aromatic heterocycles. The minimum absolute atomic E-state index is 0.130. The van der Waals surface area contributed by atoms with Crippen LogP contribution in [0.5, 0.6) is 0 Å². The first-order valence-corrected chi connectivity index (χ1v) is 7.29. The van der Waals surface area contributed by atoms with Gasteiger partial charge in [0.05, 0.1) is 6.42 Å². The van der Waals surface area contributed by atoms with Crippen LogP contribution in [0, 0.1) is 0 Å². The van der Waals surface area contributed by atoms with Crippen LogP contribution in [-0.2, 0) is 25.8 Å². The third kappa shape index (κ3) is 2.50. The van der Waals surface area contributed by atoms with Gasteiger partial charge in [0.2, 0.25) is 0 Å². The normalized spacial score (nSPS) is 13.4. The molecule has 0 radical (unpaired) electrons. The van der Waals surface area contributed by atoms with E-state index in [9.17, 15) is 4.79 Å². The molecule has 1 aliphatic carbocycles. The van der Waals surface area contributed by atoms with Crippen molar-refractivity contribution in [3.05, 3.63) is 47.0 Å². The van der Waals surface area contributed by atoms with E-state index in [1.165, 1.54) is 23.9 Å². The van der Waals surface area contributed by atoms with Crippen molar-refractivity contribution in [1.29, 1.82) is 0 Å². The van der Waals surface area contributed by atoms with E-state index in [-0.39, 0.29) is 5.78 Å². The van der Waals surface area contributed by atoms with Gasteiger partial charge < -0.3 is 0 Å². The number of rotatable bonds is 5. The summed E-state index contributed by atoms with van der Waals surface area (Å²) in [6.07, 6.45) is 6.30. The zero-order chi connectivity index (χ0) is 13.9. The predicted octanol–water partition coefficient (Wildman–Crippen LogP) is 2.60. The summed E-state index contributed by atoms with van der Waals surface area (Å²) in [6, 6.07) is 6.12. The van der Waals surface area contributed by atoms with E-state index >= 15 is 0 Å². The molecular formula is C16H19N3O. The number of hydrogen-bond acceptors (Lipinski definition) is 3. The van der Waals surface area contributed by atoms with Gasteiger partial charge in [-0.25, -0.2) is 9.67 Å². The van der Waals surface area contributed by atoms with Gasteiger partial charge in [0, 0.05) is 12.1 Å². The number of nitrogens with zero attached hydrogens (tertiary/aromatic N) is 3. The first kappa shape index (κ1) is 13.0. The van der Waals surface area contributed by atoms with Crippen LogP contribution in [0.25, 0.3) is 0 Å². The van der Waals surface area contributed by atoms with Gasteiger partial charge >= 0.3 is 0 Å². The Morgan fingerprint density at radius 1 is 1.30 bits per heavy atom. The van der Waals surface area contributed by atoms with Gasteiger partial charge in [0.25, 0.3) is 0 Å². The number of fused-ring (bicyclic) bond motifs is 1. The van der Waals surface area contributed by atoms with Crippen molar-refractivity contribution in [2.45, 2.75) is 45.6 Å². The number of ketones is 1. The zero-order valence-electron chi connectivity index (χ0n) is 11.8. The minimum Gasteiger partial charge on any atom is -0.294 e. The average Bonchev–Trinajstić information content (AvgIpc) is 3.07. The molecule has 4 heteroatoms. The standard InChI is InChI=1S/C16H19N3O/c1-2-8-19-16(17-11-18-19)10-15(20)14-7-6-12-4-3-5-13(12)9-14/h6-7,9,11H,2-5,8,10H2,1H3. The lowest BCUT2D eigenvalue weighted by molar-refractivity contribution is 0.0989. The van der Waals surface area contributed by atoms with Crippen LogP contribution >= 0.6 is 0 Å². The summed E-state index contributed by atoms with van der Waals surface area (Å²) in [4.78, 5) is 16.6. The monoisotopic (exact) mass is 269 g/mol. The SMILES string of the molecule is CCCn1ncnc1CC(=O)c1ccc2c(c1)CCC2. The van der Waals surface area contributed by atoms with Gasteiger partial charge in [-0.3, -0.25) is 4.79 Å². The molecule has 2 aromatic rings. The zero-order valence-corrected chi connectivity index (χ0v) is 11.8. The maximum atomic E-state index is 12.4. The maximum Gasteiger partial charge on any atom is 0.170 e. The lowest BCUT2D eigenvalue weighted by Gasteiger charge is -2.06. The second kappa shape index (κ2) is 5.57. The minimum atomic E-state index is 0.130.